The summed E-state index contributed by atoms with van der Waals surface area (Å²) in [6.45, 7) is 10.5. The van der Waals surface area contributed by atoms with E-state index in [1.165, 1.54) is 0 Å². The van der Waals surface area contributed by atoms with Crippen molar-refractivity contribution in [2.75, 3.05) is 13.1 Å². The lowest BCUT2D eigenvalue weighted by molar-refractivity contribution is -0.135. The van der Waals surface area contributed by atoms with Crippen molar-refractivity contribution >= 4 is 17.5 Å². The third-order valence-electron chi connectivity index (χ3n) is 4.70. The summed E-state index contributed by atoms with van der Waals surface area (Å²) in [5.74, 6) is 1.13. The number of imidazole rings is 1. The van der Waals surface area contributed by atoms with Gasteiger partial charge in [0.25, 0.3) is 0 Å². The summed E-state index contributed by atoms with van der Waals surface area (Å²) in [6.07, 6.45) is 3.21. The molecule has 1 amide bonds. The number of aromatic nitrogens is 2. The second kappa shape index (κ2) is 7.47. The zero-order valence-corrected chi connectivity index (χ0v) is 14.8. The lowest BCUT2D eigenvalue weighted by Crippen LogP contribution is -2.58. The number of piperazine rings is 1. The van der Waals surface area contributed by atoms with Crippen LogP contribution in [0.3, 0.4) is 0 Å². The number of carbonyl (C=O) groups excluding carboxylic acids is 1. The maximum absolute atomic E-state index is 11.6. The van der Waals surface area contributed by atoms with Crippen molar-refractivity contribution in [2.24, 2.45) is 0 Å². The molecule has 1 N–H and O–H groups in total. The summed E-state index contributed by atoms with van der Waals surface area (Å²) < 4.78 is 0. The molecule has 0 aromatic carbocycles. The van der Waals surface area contributed by atoms with E-state index < -0.39 is 0 Å². The van der Waals surface area contributed by atoms with Crippen LogP contribution < -0.4 is 0 Å². The molecule has 6 heteroatoms. The van der Waals surface area contributed by atoms with Crippen molar-refractivity contribution in [1.82, 2.24) is 19.8 Å². The minimum absolute atomic E-state index is 0.153. The van der Waals surface area contributed by atoms with Crippen LogP contribution in [0.15, 0.2) is 0 Å². The number of nitrogens with one attached hydrogen (secondary N) is 1. The fourth-order valence-corrected chi connectivity index (χ4v) is 3.30. The molecule has 1 aliphatic rings. The van der Waals surface area contributed by atoms with Gasteiger partial charge in [-0.1, -0.05) is 24.9 Å². The van der Waals surface area contributed by atoms with Gasteiger partial charge in [0.1, 0.15) is 5.82 Å². The zero-order chi connectivity index (χ0) is 16.3. The molecule has 2 heterocycles. The maximum atomic E-state index is 11.6. The smallest absolute Gasteiger partial charge is 0.219 e. The molecule has 5 nitrogen and oxygen atoms in total. The molecule has 0 saturated carbocycles. The fourth-order valence-electron chi connectivity index (χ4n) is 3.09. The third kappa shape index (κ3) is 3.82. The Labute approximate surface area is 138 Å². The molecule has 0 unspecified atom stereocenters. The highest BCUT2D eigenvalue weighted by atomic mass is 35.5. The number of H-pyrrole nitrogens is 1. The van der Waals surface area contributed by atoms with Gasteiger partial charge in [0.15, 0.2) is 5.15 Å². The van der Waals surface area contributed by atoms with Crippen molar-refractivity contribution in [3.8, 4) is 0 Å². The molecule has 1 saturated heterocycles. The molecule has 1 aromatic heterocycles. The molecule has 1 aliphatic heterocycles. The van der Waals surface area contributed by atoms with Crippen LogP contribution in [-0.4, -0.2) is 50.8 Å². The highest BCUT2D eigenvalue weighted by molar-refractivity contribution is 6.30. The maximum Gasteiger partial charge on any atom is 0.219 e. The minimum atomic E-state index is 0.153. The normalized spacial score (nSPS) is 23.0. The summed E-state index contributed by atoms with van der Waals surface area (Å²) in [6, 6.07) is 0.517. The molecule has 2 atom stereocenters. The van der Waals surface area contributed by atoms with Crippen LogP contribution >= 0.6 is 11.6 Å². The van der Waals surface area contributed by atoms with Crippen LogP contribution in [0, 0.1) is 0 Å². The van der Waals surface area contributed by atoms with Gasteiger partial charge in [-0.3, -0.25) is 9.69 Å². The Morgan fingerprint density at radius 1 is 1.36 bits per heavy atom. The van der Waals surface area contributed by atoms with Gasteiger partial charge >= 0.3 is 0 Å². The lowest BCUT2D eigenvalue weighted by Gasteiger charge is -2.44. The van der Waals surface area contributed by atoms with E-state index in [0.29, 0.717) is 11.2 Å². The summed E-state index contributed by atoms with van der Waals surface area (Å²) >= 11 is 6.27. The van der Waals surface area contributed by atoms with E-state index in [1.807, 2.05) is 4.90 Å². The first-order valence-electron chi connectivity index (χ1n) is 8.18. The van der Waals surface area contributed by atoms with Gasteiger partial charge < -0.3 is 9.88 Å². The first kappa shape index (κ1) is 17.3. The van der Waals surface area contributed by atoms with Gasteiger partial charge in [0, 0.05) is 45.1 Å². The molecule has 0 aliphatic carbocycles. The Morgan fingerprint density at radius 3 is 2.73 bits per heavy atom. The monoisotopic (exact) mass is 326 g/mol. The number of aryl methyl sites for hydroxylation is 1. The van der Waals surface area contributed by atoms with Crippen molar-refractivity contribution in [1.29, 1.82) is 0 Å². The number of hydrogen-bond acceptors (Lipinski definition) is 3. The van der Waals surface area contributed by atoms with Crippen molar-refractivity contribution < 1.29 is 4.79 Å². The van der Waals surface area contributed by atoms with E-state index in [9.17, 15) is 4.79 Å². The average molecular weight is 327 g/mol. The highest BCUT2D eigenvalue weighted by Gasteiger charge is 2.32. The SMILES string of the molecule is CCCCc1nc(Cl)c(CN2CCN(C(C)=O)[C@H](C)[C@H]2C)[nH]1. The van der Waals surface area contributed by atoms with E-state index in [0.717, 1.165) is 50.4 Å². The molecular formula is C16H27ClN4O. The van der Waals surface area contributed by atoms with Crippen LogP contribution in [0.25, 0.3) is 0 Å². The van der Waals surface area contributed by atoms with E-state index in [1.54, 1.807) is 6.92 Å². The van der Waals surface area contributed by atoms with E-state index in [2.05, 4.69) is 35.6 Å². The number of carbonyl (C=O) groups is 1. The zero-order valence-electron chi connectivity index (χ0n) is 14.0. The molecule has 2 rings (SSSR count). The number of nitrogens with zero attached hydrogens (tertiary/aromatic N) is 3. The molecule has 0 bridgehead atoms. The standard InChI is InChI=1S/C16H27ClN4O/c1-5-6-7-15-18-14(16(17)19-15)10-20-8-9-21(13(4)22)12(3)11(20)2/h11-12H,5-10H2,1-4H3,(H,18,19)/t11-,12-/m1/s1. The van der Waals surface area contributed by atoms with Crippen LogP contribution in [0.1, 0.15) is 52.1 Å². The average Bonchev–Trinajstić information content (AvgIpc) is 2.81. The van der Waals surface area contributed by atoms with Crippen LogP contribution in [0.5, 0.6) is 0 Å². The number of hydrogen-bond donors (Lipinski definition) is 1. The van der Waals surface area contributed by atoms with Crippen molar-refractivity contribution in [3.05, 3.63) is 16.7 Å². The molecular weight excluding hydrogens is 300 g/mol. The van der Waals surface area contributed by atoms with Gasteiger partial charge in [-0.05, 0) is 20.3 Å². The molecule has 124 valence electrons. The van der Waals surface area contributed by atoms with E-state index >= 15 is 0 Å². The van der Waals surface area contributed by atoms with Crippen molar-refractivity contribution in [2.45, 2.75) is 65.6 Å². The Bertz CT molecular complexity index is 516. The molecule has 22 heavy (non-hydrogen) atoms. The van der Waals surface area contributed by atoms with Crippen LogP contribution in [0.2, 0.25) is 5.15 Å². The highest BCUT2D eigenvalue weighted by Crippen LogP contribution is 2.22. The summed E-state index contributed by atoms with van der Waals surface area (Å²) in [4.78, 5) is 23.7. The van der Waals surface area contributed by atoms with Crippen LogP contribution in [0.4, 0.5) is 0 Å². The predicted molar refractivity (Wildman–Crippen MR) is 88.9 cm³/mol. The summed E-state index contributed by atoms with van der Waals surface area (Å²) in [5.41, 5.74) is 0.989. The number of rotatable bonds is 5. The van der Waals surface area contributed by atoms with Gasteiger partial charge in [-0.15, -0.1) is 0 Å². The van der Waals surface area contributed by atoms with Gasteiger partial charge in [-0.25, -0.2) is 4.98 Å². The summed E-state index contributed by atoms with van der Waals surface area (Å²) in [7, 11) is 0. The largest absolute Gasteiger partial charge is 0.344 e. The van der Waals surface area contributed by atoms with E-state index in [-0.39, 0.29) is 11.9 Å². The number of aromatic amines is 1. The van der Waals surface area contributed by atoms with Gasteiger partial charge in [0.2, 0.25) is 5.91 Å². The molecule has 0 spiro atoms. The predicted octanol–water partition coefficient (Wildman–Crippen LogP) is 2.85. The summed E-state index contributed by atoms with van der Waals surface area (Å²) in [5, 5.41) is 0.583. The van der Waals surface area contributed by atoms with Crippen molar-refractivity contribution in [3.63, 3.8) is 0 Å². The Hall–Kier alpha value is -1.07. The minimum Gasteiger partial charge on any atom is -0.344 e. The first-order chi connectivity index (χ1) is 10.4. The number of halogens is 1. The van der Waals surface area contributed by atoms with E-state index in [4.69, 9.17) is 11.6 Å². The number of unbranched alkanes of at least 4 members (excludes halogenated alkanes) is 1. The molecule has 0 radical (unpaired) electrons. The lowest BCUT2D eigenvalue weighted by atomic mass is 10.0. The quantitative estimate of drug-likeness (QED) is 0.905. The van der Waals surface area contributed by atoms with Gasteiger partial charge in [0.05, 0.1) is 5.69 Å². The van der Waals surface area contributed by atoms with Gasteiger partial charge in [-0.2, -0.15) is 0 Å². The molecule has 1 fully saturated rings. The second-order valence-electron chi connectivity index (χ2n) is 6.22. The first-order valence-corrected chi connectivity index (χ1v) is 8.56. The topological polar surface area (TPSA) is 52.2 Å². The van der Waals surface area contributed by atoms with Crippen LogP contribution in [-0.2, 0) is 17.8 Å². The fraction of sp³-hybridized carbons (Fsp3) is 0.750. The third-order valence-corrected chi connectivity index (χ3v) is 5.02. The Kier molecular flexibility index (Phi) is 5.87. The molecule has 1 aromatic rings. The Morgan fingerprint density at radius 2 is 2.09 bits per heavy atom. The second-order valence-corrected chi connectivity index (χ2v) is 6.58. The Balaban J connectivity index is 2.02. The number of amides is 1.